The van der Waals surface area contributed by atoms with E-state index in [4.69, 9.17) is 9.47 Å². The van der Waals surface area contributed by atoms with Crippen LogP contribution in [0.4, 0.5) is 0 Å². The highest BCUT2D eigenvalue weighted by Gasteiger charge is 2.22. The van der Waals surface area contributed by atoms with Crippen LogP contribution in [0.25, 0.3) is 0 Å². The van der Waals surface area contributed by atoms with E-state index in [0.717, 1.165) is 5.56 Å². The minimum absolute atomic E-state index is 0.177. The van der Waals surface area contributed by atoms with E-state index in [0.29, 0.717) is 31.1 Å². The topological polar surface area (TPSA) is 64.6 Å². The molecule has 0 amide bonds. The summed E-state index contributed by atoms with van der Waals surface area (Å²) in [5, 5.41) is 0. The molecule has 1 heterocycles. The lowest BCUT2D eigenvalue weighted by atomic mass is 10.1. The van der Waals surface area contributed by atoms with Crippen molar-refractivity contribution in [3.05, 3.63) is 54.1 Å². The summed E-state index contributed by atoms with van der Waals surface area (Å²) in [6.07, 6.45) is 0.661. The molecule has 23 heavy (non-hydrogen) atoms. The second-order valence-corrected chi connectivity index (χ2v) is 7.01. The van der Waals surface area contributed by atoms with Gasteiger partial charge in [0.2, 0.25) is 10.0 Å². The first kappa shape index (κ1) is 15.8. The minimum atomic E-state index is -3.64. The van der Waals surface area contributed by atoms with E-state index < -0.39 is 10.0 Å². The van der Waals surface area contributed by atoms with Gasteiger partial charge >= 0.3 is 0 Å². The zero-order chi connectivity index (χ0) is 16.3. The molecule has 0 spiro atoms. The molecule has 2 aromatic rings. The molecule has 0 radical (unpaired) electrons. The van der Waals surface area contributed by atoms with E-state index in [1.54, 1.807) is 6.07 Å². The van der Waals surface area contributed by atoms with Crippen molar-refractivity contribution in [2.24, 2.45) is 0 Å². The first-order valence-electron chi connectivity index (χ1n) is 7.57. The first-order chi connectivity index (χ1) is 11.1. The second-order valence-electron chi connectivity index (χ2n) is 5.30. The number of hydrogen-bond donors (Lipinski definition) is 1. The highest BCUT2D eigenvalue weighted by atomic mass is 32.2. The van der Waals surface area contributed by atoms with Gasteiger partial charge in [-0.2, -0.15) is 0 Å². The van der Waals surface area contributed by atoms with Crippen molar-refractivity contribution in [2.75, 3.05) is 13.2 Å². The van der Waals surface area contributed by atoms with Crippen LogP contribution in [-0.4, -0.2) is 21.6 Å². The van der Waals surface area contributed by atoms with Gasteiger partial charge in [-0.15, -0.1) is 0 Å². The monoisotopic (exact) mass is 333 g/mol. The van der Waals surface area contributed by atoms with Crippen LogP contribution in [0, 0.1) is 0 Å². The molecule has 1 atom stereocenters. The minimum Gasteiger partial charge on any atom is -0.486 e. The van der Waals surface area contributed by atoms with Crippen LogP contribution in [0.15, 0.2) is 53.4 Å². The molecule has 1 aliphatic rings. The van der Waals surface area contributed by atoms with E-state index in [-0.39, 0.29) is 10.9 Å². The van der Waals surface area contributed by atoms with E-state index in [9.17, 15) is 8.42 Å². The number of fused-ring (bicyclic) bond motifs is 1. The zero-order valence-corrected chi connectivity index (χ0v) is 13.7. The lowest BCUT2D eigenvalue weighted by Gasteiger charge is -2.20. The summed E-state index contributed by atoms with van der Waals surface area (Å²) >= 11 is 0. The number of ether oxygens (including phenoxy) is 2. The fraction of sp³-hybridized carbons (Fsp3) is 0.294. The number of hydrogen-bond acceptors (Lipinski definition) is 4. The largest absolute Gasteiger partial charge is 0.486 e. The van der Waals surface area contributed by atoms with Crippen LogP contribution < -0.4 is 14.2 Å². The van der Waals surface area contributed by atoms with Crippen LogP contribution in [0.1, 0.15) is 24.9 Å². The summed E-state index contributed by atoms with van der Waals surface area (Å²) in [6, 6.07) is 13.9. The molecule has 2 aromatic carbocycles. The Labute approximate surface area is 136 Å². The smallest absolute Gasteiger partial charge is 0.241 e. The molecular formula is C17H19NO4S. The van der Waals surface area contributed by atoms with Crippen LogP contribution in [0.2, 0.25) is 0 Å². The van der Waals surface area contributed by atoms with Crippen molar-refractivity contribution in [2.45, 2.75) is 24.3 Å². The predicted octanol–water partition coefficient (Wildman–Crippen LogP) is 2.89. The molecule has 6 heteroatoms. The standard InChI is InChI=1S/C17H19NO4S/c1-2-15(13-6-4-3-5-7-13)18-23(19,20)14-8-9-16-17(12-14)22-11-10-21-16/h3-9,12,15,18H,2,10-11H2,1H3/t15-/m0/s1. The Morgan fingerprint density at radius 3 is 2.43 bits per heavy atom. The van der Waals surface area contributed by atoms with Gasteiger partial charge in [0.05, 0.1) is 4.90 Å². The highest BCUT2D eigenvalue weighted by Crippen LogP contribution is 2.32. The van der Waals surface area contributed by atoms with E-state index in [2.05, 4.69) is 4.72 Å². The molecule has 0 unspecified atom stereocenters. The Balaban J connectivity index is 1.86. The number of sulfonamides is 1. The van der Waals surface area contributed by atoms with Gasteiger partial charge in [-0.25, -0.2) is 13.1 Å². The number of benzene rings is 2. The molecule has 0 aliphatic carbocycles. The van der Waals surface area contributed by atoms with Crippen molar-refractivity contribution in [1.82, 2.24) is 4.72 Å². The van der Waals surface area contributed by atoms with Gasteiger partial charge in [0.1, 0.15) is 13.2 Å². The van der Waals surface area contributed by atoms with Crippen LogP contribution in [-0.2, 0) is 10.0 Å². The molecule has 5 nitrogen and oxygen atoms in total. The zero-order valence-electron chi connectivity index (χ0n) is 12.9. The third-order valence-electron chi connectivity index (χ3n) is 3.73. The molecule has 0 bridgehead atoms. The maximum atomic E-state index is 12.7. The summed E-state index contributed by atoms with van der Waals surface area (Å²) in [5.74, 6) is 1.04. The Morgan fingerprint density at radius 2 is 1.74 bits per heavy atom. The Bertz CT molecular complexity index is 774. The summed E-state index contributed by atoms with van der Waals surface area (Å²) in [5.41, 5.74) is 0.941. The van der Waals surface area contributed by atoms with Crippen molar-refractivity contribution in [3.63, 3.8) is 0 Å². The fourth-order valence-corrected chi connectivity index (χ4v) is 3.84. The molecule has 1 aliphatic heterocycles. The number of rotatable bonds is 5. The Hall–Kier alpha value is -2.05. The van der Waals surface area contributed by atoms with Crippen molar-refractivity contribution >= 4 is 10.0 Å². The van der Waals surface area contributed by atoms with Gasteiger partial charge in [-0.1, -0.05) is 37.3 Å². The maximum Gasteiger partial charge on any atom is 0.241 e. The Morgan fingerprint density at radius 1 is 1.04 bits per heavy atom. The van der Waals surface area contributed by atoms with Gasteiger partial charge in [-0.05, 0) is 24.1 Å². The third kappa shape index (κ3) is 3.48. The van der Waals surface area contributed by atoms with Crippen molar-refractivity contribution in [1.29, 1.82) is 0 Å². The fourth-order valence-electron chi connectivity index (χ4n) is 2.52. The predicted molar refractivity (Wildman–Crippen MR) is 87.2 cm³/mol. The summed E-state index contributed by atoms with van der Waals surface area (Å²) in [7, 11) is -3.64. The van der Waals surface area contributed by atoms with Gasteiger partial charge in [0.25, 0.3) is 0 Å². The molecular weight excluding hydrogens is 314 g/mol. The van der Waals surface area contributed by atoms with Crippen molar-refractivity contribution < 1.29 is 17.9 Å². The van der Waals surface area contributed by atoms with Gasteiger partial charge in [-0.3, -0.25) is 0 Å². The van der Waals surface area contributed by atoms with Gasteiger partial charge in [0, 0.05) is 12.1 Å². The molecule has 3 rings (SSSR count). The quantitative estimate of drug-likeness (QED) is 0.914. The highest BCUT2D eigenvalue weighted by molar-refractivity contribution is 7.89. The van der Waals surface area contributed by atoms with Crippen LogP contribution >= 0.6 is 0 Å². The lowest BCUT2D eigenvalue weighted by Crippen LogP contribution is -2.28. The molecule has 0 aromatic heterocycles. The van der Waals surface area contributed by atoms with E-state index in [1.165, 1.54) is 12.1 Å². The molecule has 0 saturated carbocycles. The van der Waals surface area contributed by atoms with Crippen LogP contribution in [0.3, 0.4) is 0 Å². The van der Waals surface area contributed by atoms with Gasteiger partial charge < -0.3 is 9.47 Å². The van der Waals surface area contributed by atoms with E-state index >= 15 is 0 Å². The summed E-state index contributed by atoms with van der Waals surface area (Å²) in [6.45, 7) is 2.85. The number of nitrogens with one attached hydrogen (secondary N) is 1. The van der Waals surface area contributed by atoms with Crippen molar-refractivity contribution in [3.8, 4) is 11.5 Å². The molecule has 1 N–H and O–H groups in total. The second kappa shape index (κ2) is 6.60. The third-order valence-corrected chi connectivity index (χ3v) is 5.20. The van der Waals surface area contributed by atoms with E-state index in [1.807, 2.05) is 37.3 Å². The SMILES string of the molecule is CC[C@H](NS(=O)(=O)c1ccc2c(c1)OCCO2)c1ccccc1. The normalized spacial score (nSPS) is 15.2. The average Bonchev–Trinajstić information content (AvgIpc) is 2.60. The molecule has 122 valence electrons. The van der Waals surface area contributed by atoms with Crippen LogP contribution in [0.5, 0.6) is 11.5 Å². The molecule has 0 fully saturated rings. The van der Waals surface area contributed by atoms with Gasteiger partial charge in [0.15, 0.2) is 11.5 Å². The lowest BCUT2D eigenvalue weighted by molar-refractivity contribution is 0.171. The maximum absolute atomic E-state index is 12.7. The Kier molecular flexibility index (Phi) is 4.54. The molecule has 0 saturated heterocycles. The summed E-state index contributed by atoms with van der Waals surface area (Å²) in [4.78, 5) is 0.177. The average molecular weight is 333 g/mol. The summed E-state index contributed by atoms with van der Waals surface area (Å²) < 4.78 is 38.9. The first-order valence-corrected chi connectivity index (χ1v) is 9.05.